The molecular weight excluding hydrogens is 1100 g/mol. The van der Waals surface area contributed by atoms with E-state index in [9.17, 15) is 0 Å². The van der Waals surface area contributed by atoms with Crippen molar-refractivity contribution in [2.75, 3.05) is 26.4 Å². The molecule has 0 fully saturated rings. The maximum atomic E-state index is 6.82. The van der Waals surface area contributed by atoms with Gasteiger partial charge in [0.1, 0.15) is 23.0 Å². The number of unbranched alkanes of at least 4 members (excludes halogenated alkanes) is 4. The van der Waals surface area contributed by atoms with Crippen molar-refractivity contribution in [2.45, 2.75) is 77.0 Å². The summed E-state index contributed by atoms with van der Waals surface area (Å²) in [5.41, 5.74) is 12.6. The first-order valence-electron chi connectivity index (χ1n) is 32.1. The Kier molecular flexibility index (Phi) is 17.6. The van der Waals surface area contributed by atoms with Gasteiger partial charge in [-0.15, -0.1) is 0 Å². The van der Waals surface area contributed by atoms with E-state index >= 15 is 0 Å². The topological polar surface area (TPSA) is 88.5 Å². The average molecular weight is 1180 g/mol. The molecule has 0 aliphatic carbocycles. The molecule has 14 rings (SSSR count). The predicted molar refractivity (Wildman–Crippen MR) is 371 cm³/mol. The third-order valence-electron chi connectivity index (χ3n) is 17.2. The molecule has 0 unspecified atom stereocenters. The molecule has 8 nitrogen and oxygen atoms in total. The number of fused-ring (bicyclic) bond motifs is 7. The fraction of sp³-hybridized carbons (Fsp3) is 0.195. The summed E-state index contributed by atoms with van der Waals surface area (Å²) in [4.78, 5) is 19.8. The van der Waals surface area contributed by atoms with Gasteiger partial charge < -0.3 is 18.9 Å². The van der Waals surface area contributed by atoms with Gasteiger partial charge in [-0.3, -0.25) is 19.9 Å². The summed E-state index contributed by atoms with van der Waals surface area (Å²) >= 11 is 0. The summed E-state index contributed by atoms with van der Waals surface area (Å²) in [5, 5.41) is 11.7. The van der Waals surface area contributed by atoms with E-state index in [4.69, 9.17) is 38.9 Å². The van der Waals surface area contributed by atoms with Gasteiger partial charge in [0.2, 0.25) is 0 Å². The predicted octanol–water partition coefficient (Wildman–Crippen LogP) is 20.3. The molecule has 10 aromatic carbocycles. The van der Waals surface area contributed by atoms with Crippen LogP contribution in [0.25, 0.3) is 98.2 Å². The zero-order chi connectivity index (χ0) is 60.3. The Morgan fingerprint density at radius 3 is 0.922 bits per heavy atom. The Morgan fingerprint density at radius 2 is 0.544 bits per heavy atom. The van der Waals surface area contributed by atoms with Gasteiger partial charge in [-0.1, -0.05) is 133 Å². The van der Waals surface area contributed by atoms with Crippen LogP contribution >= 0.6 is 0 Å². The summed E-state index contributed by atoms with van der Waals surface area (Å²) in [6, 6.07) is 86.0. The quantitative estimate of drug-likeness (QED) is 0.0391. The van der Waals surface area contributed by atoms with Crippen molar-refractivity contribution in [1.82, 2.24) is 19.9 Å². The SMILES string of the molecule is c1ccc2cc3cc4c(-c5cc(OCCCCc6ccc7ccccc7n6)cc(OCCCCc6ccc7ccccc7n6)c5)c(-c5cc(OCCCCc6ccc7ccccc7n6)cc(OCCCCc6ccc7ccccc7n6)c5)ccc4cc3cc2c1. The Labute approximate surface area is 526 Å². The van der Waals surface area contributed by atoms with Crippen LogP contribution < -0.4 is 18.9 Å². The van der Waals surface area contributed by atoms with Gasteiger partial charge in [-0.2, -0.15) is 0 Å². The number of pyridine rings is 4. The molecule has 0 bridgehead atoms. The minimum Gasteiger partial charge on any atom is -0.493 e. The number of hydrogen-bond acceptors (Lipinski definition) is 8. The highest BCUT2D eigenvalue weighted by molar-refractivity contribution is 6.12. The first-order valence-corrected chi connectivity index (χ1v) is 32.1. The summed E-state index contributed by atoms with van der Waals surface area (Å²) in [6.07, 6.45) is 10.8. The molecule has 4 heterocycles. The number of rotatable bonds is 26. The monoisotopic (exact) mass is 1180 g/mol. The van der Waals surface area contributed by atoms with Gasteiger partial charge in [0.25, 0.3) is 0 Å². The molecule has 90 heavy (non-hydrogen) atoms. The largest absolute Gasteiger partial charge is 0.493 e. The van der Waals surface area contributed by atoms with Crippen molar-refractivity contribution < 1.29 is 18.9 Å². The highest BCUT2D eigenvalue weighted by Crippen LogP contribution is 2.44. The van der Waals surface area contributed by atoms with Gasteiger partial charge in [-0.05, 0) is 229 Å². The normalized spacial score (nSPS) is 11.6. The fourth-order valence-corrected chi connectivity index (χ4v) is 12.5. The van der Waals surface area contributed by atoms with E-state index in [1.54, 1.807) is 0 Å². The molecule has 0 amide bonds. The van der Waals surface area contributed by atoms with Crippen LogP contribution in [0.5, 0.6) is 23.0 Å². The number of aromatic nitrogens is 4. The van der Waals surface area contributed by atoms with Crippen LogP contribution in [0, 0.1) is 0 Å². The van der Waals surface area contributed by atoms with Crippen LogP contribution in [0.3, 0.4) is 0 Å². The molecule has 8 heteroatoms. The minimum atomic E-state index is 0.549. The zero-order valence-electron chi connectivity index (χ0n) is 50.8. The lowest BCUT2D eigenvalue weighted by Gasteiger charge is -2.19. The van der Waals surface area contributed by atoms with Gasteiger partial charge in [0.15, 0.2) is 0 Å². The van der Waals surface area contributed by atoms with E-state index in [1.807, 2.05) is 0 Å². The lowest BCUT2D eigenvalue weighted by molar-refractivity contribution is 0.291. The molecule has 4 aromatic heterocycles. The number of ether oxygens (including phenoxy) is 4. The highest BCUT2D eigenvalue weighted by atomic mass is 16.5. The number of benzene rings is 10. The van der Waals surface area contributed by atoms with Crippen molar-refractivity contribution in [3.63, 3.8) is 0 Å². The lowest BCUT2D eigenvalue weighted by atomic mass is 9.88. The van der Waals surface area contributed by atoms with Crippen molar-refractivity contribution in [3.05, 3.63) is 265 Å². The van der Waals surface area contributed by atoms with Gasteiger partial charge >= 0.3 is 0 Å². The molecular formula is C82H72N4O4. The number of nitrogens with zero attached hydrogens (tertiary/aromatic N) is 4. The van der Waals surface area contributed by atoms with Crippen molar-refractivity contribution >= 4 is 75.9 Å². The van der Waals surface area contributed by atoms with E-state index in [0.717, 1.165) is 199 Å². The second-order valence-corrected chi connectivity index (χ2v) is 23.7. The zero-order valence-corrected chi connectivity index (χ0v) is 50.8. The number of para-hydroxylation sites is 4. The summed E-state index contributed by atoms with van der Waals surface area (Å²) < 4.78 is 27.2. The van der Waals surface area contributed by atoms with E-state index in [2.05, 4.69) is 243 Å². The third-order valence-corrected chi connectivity index (χ3v) is 17.2. The average Bonchev–Trinajstić information content (AvgIpc) is 0.877. The number of hydrogen-bond donors (Lipinski definition) is 0. The Bertz CT molecular complexity index is 4640. The Morgan fingerprint density at radius 1 is 0.233 bits per heavy atom. The Balaban J connectivity index is 0.785. The van der Waals surface area contributed by atoms with Crippen LogP contribution in [0.4, 0.5) is 0 Å². The van der Waals surface area contributed by atoms with Crippen LogP contribution in [0.1, 0.15) is 74.1 Å². The second kappa shape index (κ2) is 27.5. The molecule has 0 N–H and O–H groups in total. The molecule has 0 atom stereocenters. The van der Waals surface area contributed by atoms with E-state index in [-0.39, 0.29) is 0 Å². The Hall–Kier alpha value is -10.2. The fourth-order valence-electron chi connectivity index (χ4n) is 12.5. The van der Waals surface area contributed by atoms with Crippen molar-refractivity contribution in [3.8, 4) is 45.3 Å². The summed E-state index contributed by atoms with van der Waals surface area (Å²) in [6.45, 7) is 2.20. The molecule has 14 aromatic rings. The summed E-state index contributed by atoms with van der Waals surface area (Å²) in [5.74, 6) is 3.06. The first kappa shape index (κ1) is 57.6. The minimum absolute atomic E-state index is 0.549. The second-order valence-electron chi connectivity index (χ2n) is 23.7. The third kappa shape index (κ3) is 13.9. The standard InChI is InChI=1S/C82H72N4O4/c1-2-24-62-48-65-54-77-63(49-64(65)47-61(62)23-1)37-42-76(66-50-72(87-43-15-11-25-68-38-33-57-19-3-7-29-78(57)83-68)55-73(51-66)88-44-16-12-26-69-39-34-58-20-4-8-30-79(58)84-69)82(77)67-52-74(89-45-17-13-27-70-40-35-59-21-5-9-31-80(59)85-70)56-75(53-67)90-46-18-14-28-71-41-36-60-22-6-10-32-81(60)86-71/h1-10,19-24,29-42,47-56H,11-18,25-28,43-46H2. The van der Waals surface area contributed by atoms with Crippen LogP contribution in [0.2, 0.25) is 0 Å². The molecule has 0 saturated carbocycles. The lowest BCUT2D eigenvalue weighted by Crippen LogP contribution is -2.03. The van der Waals surface area contributed by atoms with Crippen LogP contribution in [-0.4, -0.2) is 46.4 Å². The maximum absolute atomic E-state index is 6.82. The van der Waals surface area contributed by atoms with Gasteiger partial charge in [0, 0.05) is 56.5 Å². The number of aryl methyl sites for hydroxylation is 4. The van der Waals surface area contributed by atoms with Gasteiger partial charge in [0.05, 0.1) is 48.5 Å². The maximum Gasteiger partial charge on any atom is 0.123 e. The van der Waals surface area contributed by atoms with E-state index < -0.39 is 0 Å². The molecule has 444 valence electrons. The van der Waals surface area contributed by atoms with Crippen molar-refractivity contribution in [2.24, 2.45) is 0 Å². The van der Waals surface area contributed by atoms with Crippen molar-refractivity contribution in [1.29, 1.82) is 0 Å². The molecule has 0 saturated heterocycles. The van der Waals surface area contributed by atoms with E-state index in [1.165, 1.54) is 21.5 Å². The van der Waals surface area contributed by atoms with E-state index in [0.29, 0.717) is 26.4 Å². The van der Waals surface area contributed by atoms with Crippen LogP contribution in [0.15, 0.2) is 243 Å². The van der Waals surface area contributed by atoms with Crippen LogP contribution in [-0.2, 0) is 25.7 Å². The molecule has 0 spiro atoms. The molecule has 0 aliphatic rings. The first-order chi connectivity index (χ1) is 44.5. The highest BCUT2D eigenvalue weighted by Gasteiger charge is 2.19. The summed E-state index contributed by atoms with van der Waals surface area (Å²) in [7, 11) is 0. The molecule has 0 radical (unpaired) electrons. The smallest absolute Gasteiger partial charge is 0.123 e. The van der Waals surface area contributed by atoms with Gasteiger partial charge in [-0.25, -0.2) is 0 Å². The molecule has 0 aliphatic heterocycles.